The smallest absolute Gasteiger partial charge is 0.328 e. The first-order valence-corrected chi connectivity index (χ1v) is 11.2. The van der Waals surface area contributed by atoms with Crippen LogP contribution in [0.2, 0.25) is 0 Å². The molecule has 32 heavy (non-hydrogen) atoms. The van der Waals surface area contributed by atoms with Gasteiger partial charge >= 0.3 is 5.97 Å². The van der Waals surface area contributed by atoms with Gasteiger partial charge in [0.15, 0.2) is 11.5 Å². The Bertz CT molecular complexity index is 1140. The van der Waals surface area contributed by atoms with Crippen molar-refractivity contribution in [3.05, 3.63) is 81.0 Å². The second-order valence-corrected chi connectivity index (χ2v) is 8.62. The highest BCUT2D eigenvalue weighted by atomic mass is 32.1. The van der Waals surface area contributed by atoms with Gasteiger partial charge in [-0.25, -0.2) is 4.79 Å². The zero-order valence-corrected chi connectivity index (χ0v) is 19.1. The number of benzene rings is 2. The molecular weight excluding hydrogens is 426 g/mol. The van der Waals surface area contributed by atoms with E-state index in [0.717, 1.165) is 22.3 Å². The molecule has 0 bridgehead atoms. The largest absolute Gasteiger partial charge is 0.493 e. The molecule has 6 nitrogen and oxygen atoms in total. The summed E-state index contributed by atoms with van der Waals surface area (Å²) < 4.78 is 16.3. The summed E-state index contributed by atoms with van der Waals surface area (Å²) in [5, 5.41) is 1.90. The van der Waals surface area contributed by atoms with E-state index in [9.17, 15) is 9.59 Å². The van der Waals surface area contributed by atoms with E-state index in [0.29, 0.717) is 35.9 Å². The van der Waals surface area contributed by atoms with Gasteiger partial charge in [-0.05, 0) is 47.2 Å². The van der Waals surface area contributed by atoms with Crippen LogP contribution in [0.3, 0.4) is 0 Å². The van der Waals surface area contributed by atoms with Gasteiger partial charge in [0, 0.05) is 18.5 Å². The predicted molar refractivity (Wildman–Crippen MR) is 122 cm³/mol. The second-order valence-electron chi connectivity index (χ2n) is 7.71. The third kappa shape index (κ3) is 4.48. The van der Waals surface area contributed by atoms with E-state index in [4.69, 9.17) is 14.2 Å². The number of thiophene rings is 1. The molecule has 166 valence electrons. The number of hydrogen-bond acceptors (Lipinski definition) is 6. The first kappa shape index (κ1) is 21.9. The van der Waals surface area contributed by atoms with E-state index in [1.165, 1.54) is 18.4 Å². The maximum absolute atomic E-state index is 13.3. The lowest BCUT2D eigenvalue weighted by molar-refractivity contribution is -0.146. The number of carbonyl (C=O) groups is 2. The second kappa shape index (κ2) is 9.44. The molecule has 1 aromatic heterocycles. The number of hydrogen-bond donors (Lipinski definition) is 0. The van der Waals surface area contributed by atoms with Crippen molar-refractivity contribution in [3.63, 3.8) is 0 Å². The lowest BCUT2D eigenvalue weighted by Gasteiger charge is -2.34. The third-order valence-electron chi connectivity index (χ3n) is 5.56. The molecule has 0 saturated heterocycles. The Hall–Kier alpha value is -3.32. The minimum absolute atomic E-state index is 0.181. The Kier molecular flexibility index (Phi) is 6.46. The van der Waals surface area contributed by atoms with Gasteiger partial charge in [0.2, 0.25) is 0 Å². The predicted octanol–water partition coefficient (Wildman–Crippen LogP) is 4.38. The van der Waals surface area contributed by atoms with Crippen LogP contribution in [0.15, 0.2) is 53.9 Å². The summed E-state index contributed by atoms with van der Waals surface area (Å²) in [6, 6.07) is 14.8. The third-order valence-corrected chi connectivity index (χ3v) is 6.53. The summed E-state index contributed by atoms with van der Waals surface area (Å²) in [5.74, 6) is 0.735. The van der Waals surface area contributed by atoms with E-state index in [-0.39, 0.29) is 5.91 Å². The number of carbonyl (C=O) groups excluding carboxylic acids is 2. The van der Waals surface area contributed by atoms with Crippen molar-refractivity contribution >= 4 is 23.2 Å². The molecule has 0 saturated carbocycles. The molecule has 0 radical (unpaired) electrons. The fraction of sp³-hybridized carbons (Fsp3) is 0.280. The van der Waals surface area contributed by atoms with Crippen LogP contribution in [0.25, 0.3) is 0 Å². The number of amides is 1. The number of nitrogens with zero attached hydrogens (tertiary/aromatic N) is 1. The standard InChI is InChI=1S/C25H25NO5S/c1-16-8-9-21(22(10-16)29-2)31-14-17-11-23(32-15-17)24(27)26-13-19-7-5-4-6-18(19)12-20(26)25(28)30-3/h4-11,15,20H,12-14H2,1-3H3. The molecule has 2 heterocycles. The average Bonchev–Trinajstić information content (AvgIpc) is 3.30. The summed E-state index contributed by atoms with van der Waals surface area (Å²) in [5.41, 5.74) is 4.08. The summed E-state index contributed by atoms with van der Waals surface area (Å²) in [6.07, 6.45) is 0.448. The zero-order valence-electron chi connectivity index (χ0n) is 18.3. The molecule has 3 aromatic rings. The van der Waals surface area contributed by atoms with Crippen molar-refractivity contribution in [2.45, 2.75) is 32.5 Å². The Morgan fingerprint density at radius 1 is 1.06 bits per heavy atom. The molecule has 1 atom stereocenters. The van der Waals surface area contributed by atoms with E-state index in [2.05, 4.69) is 0 Å². The fourth-order valence-electron chi connectivity index (χ4n) is 3.84. The van der Waals surface area contributed by atoms with Gasteiger partial charge in [0.05, 0.1) is 19.1 Å². The molecule has 0 N–H and O–H groups in total. The zero-order chi connectivity index (χ0) is 22.7. The Balaban J connectivity index is 1.50. The average molecular weight is 452 g/mol. The quantitative estimate of drug-likeness (QED) is 0.520. The van der Waals surface area contributed by atoms with Gasteiger partial charge < -0.3 is 19.1 Å². The van der Waals surface area contributed by atoms with E-state index < -0.39 is 12.0 Å². The van der Waals surface area contributed by atoms with E-state index >= 15 is 0 Å². The van der Waals surface area contributed by atoms with Gasteiger partial charge in [0.25, 0.3) is 5.91 Å². The monoisotopic (exact) mass is 451 g/mol. The molecule has 0 fully saturated rings. The molecule has 1 aliphatic rings. The molecule has 1 unspecified atom stereocenters. The van der Waals surface area contributed by atoms with Crippen LogP contribution in [0.4, 0.5) is 0 Å². The Morgan fingerprint density at radius 2 is 1.84 bits per heavy atom. The molecule has 0 aliphatic carbocycles. The number of rotatable bonds is 6. The number of ether oxygens (including phenoxy) is 3. The summed E-state index contributed by atoms with van der Waals surface area (Å²) in [6.45, 7) is 2.68. The lowest BCUT2D eigenvalue weighted by Crippen LogP contribution is -2.49. The number of methoxy groups -OCH3 is 2. The normalized spacial score (nSPS) is 15.1. The highest BCUT2D eigenvalue weighted by Gasteiger charge is 2.36. The van der Waals surface area contributed by atoms with Crippen LogP contribution in [-0.2, 0) is 29.1 Å². The maximum atomic E-state index is 13.3. The van der Waals surface area contributed by atoms with E-state index in [1.807, 2.05) is 60.8 Å². The molecule has 2 aromatic carbocycles. The van der Waals surface area contributed by atoms with Crippen molar-refractivity contribution in [2.75, 3.05) is 14.2 Å². The van der Waals surface area contributed by atoms with Crippen molar-refractivity contribution in [1.82, 2.24) is 4.90 Å². The minimum atomic E-state index is -0.638. The van der Waals surface area contributed by atoms with Gasteiger partial charge in [-0.3, -0.25) is 4.79 Å². The number of aryl methyl sites for hydroxylation is 1. The first-order chi connectivity index (χ1) is 15.5. The van der Waals surface area contributed by atoms with Crippen LogP contribution in [0.1, 0.15) is 31.9 Å². The highest BCUT2D eigenvalue weighted by molar-refractivity contribution is 7.12. The van der Waals surface area contributed by atoms with Crippen LogP contribution in [0.5, 0.6) is 11.5 Å². The summed E-state index contributed by atoms with van der Waals surface area (Å²) >= 11 is 1.35. The van der Waals surface area contributed by atoms with Crippen molar-refractivity contribution in [2.24, 2.45) is 0 Å². The van der Waals surface area contributed by atoms with Crippen LogP contribution in [0, 0.1) is 6.92 Å². The summed E-state index contributed by atoms with van der Waals surface area (Å²) in [7, 11) is 2.96. The summed E-state index contributed by atoms with van der Waals surface area (Å²) in [4.78, 5) is 27.9. The number of esters is 1. The van der Waals surface area contributed by atoms with Crippen molar-refractivity contribution < 1.29 is 23.8 Å². The van der Waals surface area contributed by atoms with Crippen molar-refractivity contribution in [1.29, 1.82) is 0 Å². The molecule has 0 spiro atoms. The molecule has 1 amide bonds. The highest BCUT2D eigenvalue weighted by Crippen LogP contribution is 2.30. The Labute approximate surface area is 191 Å². The Morgan fingerprint density at radius 3 is 2.59 bits per heavy atom. The first-order valence-electron chi connectivity index (χ1n) is 10.3. The maximum Gasteiger partial charge on any atom is 0.328 e. The SMILES string of the molecule is COC(=O)C1Cc2ccccc2CN1C(=O)c1cc(COc2ccc(C)cc2OC)cs1. The van der Waals surface area contributed by atoms with Crippen LogP contribution < -0.4 is 9.47 Å². The lowest BCUT2D eigenvalue weighted by atomic mass is 9.93. The molecule has 7 heteroatoms. The van der Waals surface area contributed by atoms with Gasteiger partial charge in [-0.15, -0.1) is 11.3 Å². The van der Waals surface area contributed by atoms with Crippen LogP contribution in [-0.4, -0.2) is 37.0 Å². The van der Waals surface area contributed by atoms with E-state index in [1.54, 1.807) is 12.0 Å². The topological polar surface area (TPSA) is 65.1 Å². The van der Waals surface area contributed by atoms with Crippen molar-refractivity contribution in [3.8, 4) is 11.5 Å². The van der Waals surface area contributed by atoms with Gasteiger partial charge in [-0.1, -0.05) is 30.3 Å². The van der Waals surface area contributed by atoms with Gasteiger partial charge in [0.1, 0.15) is 12.6 Å². The molecular formula is C25H25NO5S. The van der Waals surface area contributed by atoms with Gasteiger partial charge in [-0.2, -0.15) is 0 Å². The molecule has 1 aliphatic heterocycles. The van der Waals surface area contributed by atoms with Crippen LogP contribution >= 0.6 is 11.3 Å². The molecule has 4 rings (SSSR count). The number of fused-ring (bicyclic) bond motifs is 1. The minimum Gasteiger partial charge on any atom is -0.493 e. The fourth-order valence-corrected chi connectivity index (χ4v) is 4.70.